The molecule has 0 amide bonds. The van der Waals surface area contributed by atoms with Gasteiger partial charge in [-0.15, -0.1) is 0 Å². The number of halogens is 1. The molecule has 1 atom stereocenters. The van der Waals surface area contributed by atoms with Crippen molar-refractivity contribution in [3.05, 3.63) is 22.6 Å². The van der Waals surface area contributed by atoms with Crippen LogP contribution in [0.25, 0.3) is 0 Å². The van der Waals surface area contributed by atoms with Crippen LogP contribution in [0.1, 0.15) is 25.6 Å². The average molecular weight is 232 g/mol. The Morgan fingerprint density at radius 2 is 2.17 bits per heavy atom. The first-order chi connectivity index (χ1) is 5.66. The topological polar surface area (TPSA) is 25.2 Å². The molecule has 1 N–H and O–H groups in total. The zero-order valence-electron chi connectivity index (χ0n) is 7.60. The van der Waals surface area contributed by atoms with Crippen LogP contribution in [0.15, 0.2) is 21.2 Å². The molecule has 3 heteroatoms. The van der Waals surface area contributed by atoms with E-state index in [9.17, 15) is 0 Å². The SMILES string of the molecule is CNC(c1occc1Br)C(C)C. The molecule has 0 aromatic carbocycles. The second-order valence-corrected chi connectivity index (χ2v) is 4.00. The molecule has 12 heavy (non-hydrogen) atoms. The molecule has 0 bridgehead atoms. The van der Waals surface area contributed by atoms with Crippen LogP contribution in [-0.2, 0) is 0 Å². The standard InChI is InChI=1S/C9H14BrNO/c1-6(2)8(11-3)9-7(10)4-5-12-9/h4-6,8,11H,1-3H3. The van der Waals surface area contributed by atoms with Crippen molar-refractivity contribution in [3.63, 3.8) is 0 Å². The molecule has 1 aromatic rings. The van der Waals surface area contributed by atoms with Crippen molar-refractivity contribution >= 4 is 15.9 Å². The van der Waals surface area contributed by atoms with E-state index >= 15 is 0 Å². The lowest BCUT2D eigenvalue weighted by Crippen LogP contribution is -2.21. The van der Waals surface area contributed by atoms with Crippen molar-refractivity contribution < 1.29 is 4.42 Å². The summed E-state index contributed by atoms with van der Waals surface area (Å²) in [6, 6.07) is 2.21. The quantitative estimate of drug-likeness (QED) is 0.866. The predicted octanol–water partition coefficient (Wildman–Crippen LogP) is 2.96. The molecule has 2 nitrogen and oxygen atoms in total. The summed E-state index contributed by atoms with van der Waals surface area (Å²) in [5.74, 6) is 1.50. The van der Waals surface area contributed by atoms with E-state index < -0.39 is 0 Å². The van der Waals surface area contributed by atoms with E-state index in [1.54, 1.807) is 6.26 Å². The molecule has 0 radical (unpaired) electrons. The van der Waals surface area contributed by atoms with Crippen LogP contribution in [0.5, 0.6) is 0 Å². The number of rotatable bonds is 3. The van der Waals surface area contributed by atoms with Crippen LogP contribution in [-0.4, -0.2) is 7.05 Å². The molecular weight excluding hydrogens is 218 g/mol. The maximum absolute atomic E-state index is 5.37. The lowest BCUT2D eigenvalue weighted by molar-refractivity contribution is 0.358. The van der Waals surface area contributed by atoms with Gasteiger partial charge in [-0.05, 0) is 35.0 Å². The molecule has 1 unspecified atom stereocenters. The number of hydrogen-bond donors (Lipinski definition) is 1. The summed E-state index contributed by atoms with van der Waals surface area (Å²) in [6.07, 6.45) is 1.70. The molecule has 1 heterocycles. The van der Waals surface area contributed by atoms with Gasteiger partial charge in [-0.3, -0.25) is 0 Å². The van der Waals surface area contributed by atoms with Gasteiger partial charge >= 0.3 is 0 Å². The maximum atomic E-state index is 5.37. The highest BCUT2D eigenvalue weighted by Gasteiger charge is 2.18. The second-order valence-electron chi connectivity index (χ2n) is 3.14. The van der Waals surface area contributed by atoms with Crippen molar-refractivity contribution in [2.45, 2.75) is 19.9 Å². The minimum Gasteiger partial charge on any atom is -0.466 e. The zero-order valence-corrected chi connectivity index (χ0v) is 9.18. The lowest BCUT2D eigenvalue weighted by atomic mass is 10.0. The first-order valence-electron chi connectivity index (χ1n) is 4.07. The fraction of sp³-hybridized carbons (Fsp3) is 0.556. The van der Waals surface area contributed by atoms with Crippen molar-refractivity contribution in [2.75, 3.05) is 7.05 Å². The Labute approximate surface area is 81.5 Å². The summed E-state index contributed by atoms with van der Waals surface area (Å²) in [5.41, 5.74) is 0. The van der Waals surface area contributed by atoms with Gasteiger partial charge < -0.3 is 9.73 Å². The van der Waals surface area contributed by atoms with Gasteiger partial charge in [0.2, 0.25) is 0 Å². The molecule has 0 spiro atoms. The Bertz CT molecular complexity index is 244. The molecule has 0 aliphatic carbocycles. The Hall–Kier alpha value is -0.280. The fourth-order valence-electron chi connectivity index (χ4n) is 1.29. The Balaban J connectivity index is 2.87. The zero-order chi connectivity index (χ0) is 9.14. The smallest absolute Gasteiger partial charge is 0.135 e. The molecule has 0 aliphatic heterocycles. The summed E-state index contributed by atoms with van der Waals surface area (Å²) >= 11 is 3.44. The number of furan rings is 1. The van der Waals surface area contributed by atoms with E-state index in [-0.39, 0.29) is 6.04 Å². The van der Waals surface area contributed by atoms with Gasteiger partial charge in [0.15, 0.2) is 0 Å². The van der Waals surface area contributed by atoms with E-state index in [4.69, 9.17) is 4.42 Å². The lowest BCUT2D eigenvalue weighted by Gasteiger charge is -2.17. The minimum atomic E-state index is 0.286. The first-order valence-corrected chi connectivity index (χ1v) is 4.86. The van der Waals surface area contributed by atoms with Gasteiger partial charge in [0, 0.05) is 0 Å². The monoisotopic (exact) mass is 231 g/mol. The highest BCUT2D eigenvalue weighted by molar-refractivity contribution is 9.10. The van der Waals surface area contributed by atoms with Gasteiger partial charge in [0.1, 0.15) is 5.76 Å². The van der Waals surface area contributed by atoms with E-state index in [0.29, 0.717) is 5.92 Å². The Morgan fingerprint density at radius 3 is 2.50 bits per heavy atom. The van der Waals surface area contributed by atoms with E-state index in [1.807, 2.05) is 13.1 Å². The van der Waals surface area contributed by atoms with Crippen molar-refractivity contribution in [3.8, 4) is 0 Å². The van der Waals surface area contributed by atoms with Gasteiger partial charge in [-0.25, -0.2) is 0 Å². The third kappa shape index (κ3) is 1.90. The highest BCUT2D eigenvalue weighted by atomic mass is 79.9. The first kappa shape index (κ1) is 9.81. The van der Waals surface area contributed by atoms with Crippen LogP contribution in [0.3, 0.4) is 0 Å². The summed E-state index contributed by atoms with van der Waals surface area (Å²) < 4.78 is 6.41. The number of nitrogens with one attached hydrogen (secondary N) is 1. The third-order valence-corrected chi connectivity index (χ3v) is 2.56. The van der Waals surface area contributed by atoms with Crippen molar-refractivity contribution in [2.24, 2.45) is 5.92 Å². The van der Waals surface area contributed by atoms with Crippen molar-refractivity contribution in [1.29, 1.82) is 0 Å². The predicted molar refractivity (Wildman–Crippen MR) is 53.0 cm³/mol. The summed E-state index contributed by atoms with van der Waals surface area (Å²) in [4.78, 5) is 0. The largest absolute Gasteiger partial charge is 0.466 e. The molecule has 0 saturated heterocycles. The second kappa shape index (κ2) is 4.10. The molecule has 1 aromatic heterocycles. The summed E-state index contributed by atoms with van der Waals surface area (Å²) in [5, 5.41) is 3.22. The molecule has 68 valence electrons. The van der Waals surface area contributed by atoms with Crippen molar-refractivity contribution in [1.82, 2.24) is 5.32 Å². The van der Waals surface area contributed by atoms with Gasteiger partial charge in [0.05, 0.1) is 16.8 Å². The molecular formula is C9H14BrNO. The van der Waals surface area contributed by atoms with Gasteiger partial charge in [-0.1, -0.05) is 13.8 Å². The van der Waals surface area contributed by atoms with E-state index in [1.165, 1.54) is 0 Å². The Kier molecular flexibility index (Phi) is 3.35. The highest BCUT2D eigenvalue weighted by Crippen LogP contribution is 2.28. The minimum absolute atomic E-state index is 0.286. The van der Waals surface area contributed by atoms with Gasteiger partial charge in [-0.2, -0.15) is 0 Å². The van der Waals surface area contributed by atoms with Crippen LogP contribution in [0.2, 0.25) is 0 Å². The van der Waals surface area contributed by atoms with Crippen LogP contribution in [0, 0.1) is 5.92 Å². The fourth-order valence-corrected chi connectivity index (χ4v) is 1.74. The number of hydrogen-bond acceptors (Lipinski definition) is 2. The molecule has 0 fully saturated rings. The summed E-state index contributed by atoms with van der Waals surface area (Å²) in [6.45, 7) is 4.33. The summed E-state index contributed by atoms with van der Waals surface area (Å²) in [7, 11) is 1.94. The van der Waals surface area contributed by atoms with E-state index in [0.717, 1.165) is 10.2 Å². The molecule has 1 rings (SSSR count). The maximum Gasteiger partial charge on any atom is 0.135 e. The van der Waals surface area contributed by atoms with Crippen LogP contribution >= 0.6 is 15.9 Å². The Morgan fingerprint density at radius 1 is 1.50 bits per heavy atom. The van der Waals surface area contributed by atoms with Crippen LogP contribution in [0.4, 0.5) is 0 Å². The average Bonchev–Trinajstić information content (AvgIpc) is 2.38. The van der Waals surface area contributed by atoms with Gasteiger partial charge in [0.25, 0.3) is 0 Å². The van der Waals surface area contributed by atoms with Crippen LogP contribution < -0.4 is 5.32 Å². The molecule has 0 aliphatic rings. The normalized spacial score (nSPS) is 13.8. The molecule has 0 saturated carbocycles. The van der Waals surface area contributed by atoms with E-state index in [2.05, 4.69) is 35.1 Å². The third-order valence-electron chi connectivity index (χ3n) is 1.90.